The predicted molar refractivity (Wildman–Crippen MR) is 146 cm³/mol. The van der Waals surface area contributed by atoms with E-state index in [4.69, 9.17) is 4.74 Å². The molecule has 0 bridgehead atoms. The maximum absolute atomic E-state index is 13.5. The number of amides is 1. The molecule has 1 aliphatic carbocycles. The van der Waals surface area contributed by atoms with E-state index in [9.17, 15) is 15.0 Å². The number of benzene rings is 2. The van der Waals surface area contributed by atoms with E-state index < -0.39 is 6.04 Å². The van der Waals surface area contributed by atoms with Crippen LogP contribution in [0.1, 0.15) is 68.6 Å². The molecule has 2 aliphatic heterocycles. The lowest BCUT2D eigenvalue weighted by molar-refractivity contribution is -0.122. The number of phenolic OH excluding ortho intramolecular Hbond substituents is 2. The van der Waals surface area contributed by atoms with E-state index in [1.54, 1.807) is 0 Å². The zero-order valence-corrected chi connectivity index (χ0v) is 21.9. The highest BCUT2D eigenvalue weighted by Crippen LogP contribution is 2.42. The van der Waals surface area contributed by atoms with Crippen LogP contribution in [0.25, 0.3) is 5.70 Å². The SMILES string of the molecule is CC(C)c1cc(C2=CCC(C(=O)NC3CCCC3)N2c2ccc(CN3CCOCC3)cc2)c(O)cc1O. The smallest absolute Gasteiger partial charge is 0.243 e. The third kappa shape index (κ3) is 5.63. The van der Waals surface area contributed by atoms with Crippen molar-refractivity contribution < 1.29 is 19.7 Å². The largest absolute Gasteiger partial charge is 0.508 e. The number of hydrogen-bond donors (Lipinski definition) is 3. The molecule has 2 aromatic rings. The van der Waals surface area contributed by atoms with Gasteiger partial charge >= 0.3 is 0 Å². The Morgan fingerprint density at radius 3 is 2.43 bits per heavy atom. The lowest BCUT2D eigenvalue weighted by Crippen LogP contribution is -2.46. The molecule has 1 unspecified atom stereocenters. The maximum atomic E-state index is 13.5. The van der Waals surface area contributed by atoms with E-state index >= 15 is 0 Å². The Balaban J connectivity index is 1.45. The van der Waals surface area contributed by atoms with Crippen LogP contribution < -0.4 is 10.2 Å². The van der Waals surface area contributed by atoms with Crippen LogP contribution in [0, 0.1) is 0 Å². The van der Waals surface area contributed by atoms with Crippen molar-refractivity contribution in [1.29, 1.82) is 0 Å². The normalized spacial score (nSPS) is 21.0. The average molecular weight is 506 g/mol. The fraction of sp³-hybridized carbons (Fsp3) is 0.500. The fourth-order valence-corrected chi connectivity index (χ4v) is 5.79. The topological polar surface area (TPSA) is 85.3 Å². The first-order valence-electron chi connectivity index (χ1n) is 13.7. The number of morpholine rings is 1. The summed E-state index contributed by atoms with van der Waals surface area (Å²) in [5.74, 6) is 0.219. The van der Waals surface area contributed by atoms with Gasteiger partial charge in [0.2, 0.25) is 5.91 Å². The third-order valence-electron chi connectivity index (χ3n) is 7.88. The van der Waals surface area contributed by atoms with E-state index in [0.29, 0.717) is 12.0 Å². The second-order valence-electron chi connectivity index (χ2n) is 10.8. The summed E-state index contributed by atoms with van der Waals surface area (Å²) in [6.07, 6.45) is 6.98. The van der Waals surface area contributed by atoms with Crippen molar-refractivity contribution in [3.8, 4) is 11.5 Å². The fourth-order valence-electron chi connectivity index (χ4n) is 5.79. The highest BCUT2D eigenvalue weighted by atomic mass is 16.5. The van der Waals surface area contributed by atoms with Gasteiger partial charge in [-0.2, -0.15) is 0 Å². The molecule has 1 atom stereocenters. The van der Waals surface area contributed by atoms with Crippen LogP contribution >= 0.6 is 0 Å². The molecule has 1 amide bonds. The summed E-state index contributed by atoms with van der Waals surface area (Å²) in [4.78, 5) is 17.9. The highest BCUT2D eigenvalue weighted by Gasteiger charge is 2.36. The Labute approximate surface area is 219 Å². The van der Waals surface area contributed by atoms with Gasteiger partial charge in [-0.1, -0.05) is 44.9 Å². The molecule has 1 saturated carbocycles. The van der Waals surface area contributed by atoms with Crippen LogP contribution in [0.15, 0.2) is 42.5 Å². The standard InChI is InChI=1S/C30H39N3O4/c1-20(2)24-17-25(29(35)18-28(24)34)26-11-12-27(30(36)31-22-5-3-4-6-22)33(26)23-9-7-21(8-10-23)19-32-13-15-37-16-14-32/h7-11,17-18,20,22,27,34-35H,3-6,12-16,19H2,1-2H3,(H,31,36). The molecule has 2 fully saturated rings. The maximum Gasteiger partial charge on any atom is 0.243 e. The Bertz CT molecular complexity index is 1130. The molecule has 1 saturated heterocycles. The van der Waals surface area contributed by atoms with Crippen LogP contribution in [0.3, 0.4) is 0 Å². The Kier molecular flexibility index (Phi) is 7.72. The Morgan fingerprint density at radius 1 is 1.05 bits per heavy atom. The Hall–Kier alpha value is -3.03. The van der Waals surface area contributed by atoms with Crippen molar-refractivity contribution in [1.82, 2.24) is 10.2 Å². The molecule has 3 N–H and O–H groups in total. The molecule has 0 radical (unpaired) electrons. The van der Waals surface area contributed by atoms with Gasteiger partial charge in [0.1, 0.15) is 17.5 Å². The zero-order valence-electron chi connectivity index (χ0n) is 21.9. The molecule has 3 aliphatic rings. The van der Waals surface area contributed by atoms with Crippen LogP contribution in [0.5, 0.6) is 11.5 Å². The summed E-state index contributed by atoms with van der Waals surface area (Å²) in [6, 6.07) is 11.5. The van der Waals surface area contributed by atoms with Gasteiger partial charge in [0.05, 0.1) is 13.2 Å². The molecule has 2 aromatic carbocycles. The van der Waals surface area contributed by atoms with Crippen LogP contribution in [0.4, 0.5) is 5.69 Å². The number of aromatic hydroxyl groups is 2. The minimum Gasteiger partial charge on any atom is -0.508 e. The van der Waals surface area contributed by atoms with Crippen LogP contribution in [-0.4, -0.2) is 59.4 Å². The summed E-state index contributed by atoms with van der Waals surface area (Å²) in [6.45, 7) is 8.31. The predicted octanol–water partition coefficient (Wildman–Crippen LogP) is 4.73. The summed E-state index contributed by atoms with van der Waals surface area (Å²) in [7, 11) is 0. The van der Waals surface area contributed by atoms with Crippen molar-refractivity contribution in [2.75, 3.05) is 31.2 Å². The summed E-state index contributed by atoms with van der Waals surface area (Å²) in [5, 5.41) is 24.5. The number of hydrogen-bond acceptors (Lipinski definition) is 6. The molecular formula is C30H39N3O4. The molecule has 37 heavy (non-hydrogen) atoms. The minimum atomic E-state index is -0.392. The van der Waals surface area contributed by atoms with E-state index in [-0.39, 0.29) is 29.4 Å². The van der Waals surface area contributed by atoms with Gasteiger partial charge in [0.25, 0.3) is 0 Å². The van der Waals surface area contributed by atoms with E-state index in [2.05, 4.69) is 39.4 Å². The first-order chi connectivity index (χ1) is 17.9. The first-order valence-corrected chi connectivity index (χ1v) is 13.7. The zero-order chi connectivity index (χ0) is 25.9. The van der Waals surface area contributed by atoms with Gasteiger partial charge in [-0.25, -0.2) is 0 Å². The quantitative estimate of drug-likeness (QED) is 0.504. The lowest BCUT2D eigenvalue weighted by atomic mass is 9.97. The summed E-state index contributed by atoms with van der Waals surface area (Å²) in [5.41, 5.74) is 4.34. The number of nitrogens with one attached hydrogen (secondary N) is 1. The molecule has 0 aromatic heterocycles. The van der Waals surface area contributed by atoms with Gasteiger partial charge in [0, 0.05) is 48.7 Å². The first kappa shape index (κ1) is 25.6. The molecule has 5 rings (SSSR count). The van der Waals surface area contributed by atoms with Gasteiger partial charge in [0.15, 0.2) is 0 Å². The van der Waals surface area contributed by atoms with Gasteiger partial charge < -0.3 is 25.2 Å². The van der Waals surface area contributed by atoms with Gasteiger partial charge in [-0.15, -0.1) is 0 Å². The van der Waals surface area contributed by atoms with E-state index in [1.807, 2.05) is 26.0 Å². The summed E-state index contributed by atoms with van der Waals surface area (Å²) >= 11 is 0. The molecular weight excluding hydrogens is 466 g/mol. The second-order valence-corrected chi connectivity index (χ2v) is 10.8. The number of ether oxygens (including phenoxy) is 1. The number of nitrogens with zero attached hydrogens (tertiary/aromatic N) is 2. The molecule has 198 valence electrons. The monoisotopic (exact) mass is 505 g/mol. The molecule has 2 heterocycles. The van der Waals surface area contributed by atoms with Crippen molar-refractivity contribution in [3.63, 3.8) is 0 Å². The number of phenols is 2. The number of carbonyl (C=O) groups excluding carboxylic acids is 1. The number of anilines is 1. The van der Waals surface area contributed by atoms with Crippen molar-refractivity contribution in [2.24, 2.45) is 0 Å². The van der Waals surface area contributed by atoms with Gasteiger partial charge in [-0.3, -0.25) is 9.69 Å². The summed E-state index contributed by atoms with van der Waals surface area (Å²) < 4.78 is 5.47. The van der Waals surface area contributed by atoms with Crippen molar-refractivity contribution in [2.45, 2.75) is 70.5 Å². The van der Waals surface area contributed by atoms with Crippen molar-refractivity contribution >= 4 is 17.3 Å². The molecule has 7 heteroatoms. The van der Waals surface area contributed by atoms with E-state index in [1.165, 1.54) is 11.6 Å². The second kappa shape index (κ2) is 11.2. The van der Waals surface area contributed by atoms with E-state index in [0.717, 1.165) is 75.5 Å². The number of carbonyl (C=O) groups is 1. The Morgan fingerprint density at radius 2 is 1.76 bits per heavy atom. The lowest BCUT2D eigenvalue weighted by Gasteiger charge is -2.31. The third-order valence-corrected chi connectivity index (χ3v) is 7.88. The minimum absolute atomic E-state index is 0.0129. The van der Waals surface area contributed by atoms with Crippen LogP contribution in [-0.2, 0) is 16.1 Å². The van der Waals surface area contributed by atoms with Crippen LogP contribution in [0.2, 0.25) is 0 Å². The highest BCUT2D eigenvalue weighted by molar-refractivity contribution is 5.96. The molecule has 0 spiro atoms. The average Bonchev–Trinajstić information content (AvgIpc) is 3.55. The van der Waals surface area contributed by atoms with Crippen molar-refractivity contribution in [3.05, 3.63) is 59.2 Å². The number of rotatable bonds is 7. The van der Waals surface area contributed by atoms with Gasteiger partial charge in [-0.05, 0) is 54.5 Å². The molecule has 7 nitrogen and oxygen atoms in total.